The quantitative estimate of drug-likeness (QED) is 0.557. The van der Waals surface area contributed by atoms with Crippen LogP contribution >= 0.6 is 0 Å². The minimum atomic E-state index is -1.04. The van der Waals surface area contributed by atoms with Gasteiger partial charge in [0.25, 0.3) is 0 Å². The summed E-state index contributed by atoms with van der Waals surface area (Å²) in [6.45, 7) is 10.0. The summed E-state index contributed by atoms with van der Waals surface area (Å²) >= 11 is 0. The molecular weight excluding hydrogens is 329 g/mol. The van der Waals surface area contributed by atoms with Crippen LogP contribution in [0.25, 0.3) is 5.57 Å². The van der Waals surface area contributed by atoms with E-state index in [1.165, 1.54) is 23.4 Å². The van der Waals surface area contributed by atoms with Crippen molar-refractivity contribution in [3.63, 3.8) is 0 Å². The summed E-state index contributed by atoms with van der Waals surface area (Å²) in [5, 5.41) is 8.71. The second-order valence-electron chi connectivity index (χ2n) is 7.27. The van der Waals surface area contributed by atoms with Gasteiger partial charge in [0.05, 0.1) is 0 Å². The molecular formula is C22H28FNO2. The molecule has 0 radical (unpaired) electrons. The van der Waals surface area contributed by atoms with Crippen LogP contribution in [0.2, 0.25) is 0 Å². The standard InChI is InChI=1S/C22H28FNO2/c1-14(2)24-16(4)7-8-19-13-18(9-11-21(19)24)17(5)20(23)10-6-15(3)12-22(25)26/h6,9-14,16H,7-8H2,1-5H3,(H,25,26)/b10-6+,15-12+,20-17+. The van der Waals surface area contributed by atoms with Crippen LogP contribution in [0.3, 0.4) is 0 Å². The Labute approximate surface area is 155 Å². The normalized spacial score (nSPS) is 19.0. The first-order chi connectivity index (χ1) is 12.2. The Morgan fingerprint density at radius 2 is 2.00 bits per heavy atom. The topological polar surface area (TPSA) is 40.5 Å². The Morgan fingerprint density at radius 1 is 1.31 bits per heavy atom. The van der Waals surface area contributed by atoms with Crippen LogP contribution in [0.15, 0.2) is 47.8 Å². The summed E-state index contributed by atoms with van der Waals surface area (Å²) in [5.41, 5.74) is 4.41. The van der Waals surface area contributed by atoms with Crippen LogP contribution in [0.4, 0.5) is 10.1 Å². The summed E-state index contributed by atoms with van der Waals surface area (Å²) in [5.74, 6) is -1.39. The number of nitrogens with zero attached hydrogens (tertiary/aromatic N) is 1. The van der Waals surface area contributed by atoms with Crippen molar-refractivity contribution >= 4 is 17.2 Å². The highest BCUT2D eigenvalue weighted by Gasteiger charge is 2.25. The van der Waals surface area contributed by atoms with E-state index < -0.39 is 5.97 Å². The van der Waals surface area contributed by atoms with Crippen LogP contribution < -0.4 is 4.90 Å². The Bertz CT molecular complexity index is 774. The highest BCUT2D eigenvalue weighted by Crippen LogP contribution is 2.34. The molecule has 0 aliphatic carbocycles. The molecule has 0 fully saturated rings. The number of aryl methyl sites for hydroxylation is 1. The lowest BCUT2D eigenvalue weighted by Gasteiger charge is -2.40. The molecule has 1 aliphatic heterocycles. The van der Waals surface area contributed by atoms with Crippen molar-refractivity contribution < 1.29 is 14.3 Å². The van der Waals surface area contributed by atoms with Gasteiger partial charge in [0.15, 0.2) is 0 Å². The third-order valence-electron chi connectivity index (χ3n) is 4.86. The first-order valence-electron chi connectivity index (χ1n) is 9.08. The molecule has 1 aromatic carbocycles. The van der Waals surface area contributed by atoms with Crippen molar-refractivity contribution in [2.45, 2.75) is 59.5 Å². The van der Waals surface area contributed by atoms with Gasteiger partial charge in [0.1, 0.15) is 5.83 Å². The summed E-state index contributed by atoms with van der Waals surface area (Å²) in [6, 6.07) is 7.08. The second-order valence-corrected chi connectivity index (χ2v) is 7.27. The lowest BCUT2D eigenvalue weighted by Crippen LogP contribution is -2.42. The second kappa shape index (κ2) is 8.35. The molecule has 0 bridgehead atoms. The zero-order valence-electron chi connectivity index (χ0n) is 16.2. The van der Waals surface area contributed by atoms with E-state index in [0.717, 1.165) is 24.5 Å². The number of carbonyl (C=O) groups is 1. The van der Waals surface area contributed by atoms with Crippen molar-refractivity contribution in [3.8, 4) is 0 Å². The third kappa shape index (κ3) is 4.63. The first kappa shape index (κ1) is 20.0. The van der Waals surface area contributed by atoms with E-state index in [1.54, 1.807) is 13.8 Å². The van der Waals surface area contributed by atoms with E-state index in [4.69, 9.17) is 5.11 Å². The number of halogens is 1. The molecule has 1 atom stereocenters. The van der Waals surface area contributed by atoms with Crippen LogP contribution in [-0.4, -0.2) is 23.2 Å². The van der Waals surface area contributed by atoms with Gasteiger partial charge in [-0.2, -0.15) is 0 Å². The summed E-state index contributed by atoms with van der Waals surface area (Å²) < 4.78 is 14.5. The van der Waals surface area contributed by atoms with Gasteiger partial charge < -0.3 is 10.0 Å². The number of carboxylic acid groups (broad SMARTS) is 1. The first-order valence-corrected chi connectivity index (χ1v) is 9.08. The lowest BCUT2D eigenvalue weighted by molar-refractivity contribution is -0.131. The Kier molecular flexibility index (Phi) is 6.41. The zero-order chi connectivity index (χ0) is 19.4. The van der Waals surface area contributed by atoms with Crippen molar-refractivity contribution in [2.75, 3.05) is 4.90 Å². The molecule has 1 aromatic rings. The van der Waals surface area contributed by atoms with Crippen molar-refractivity contribution in [1.29, 1.82) is 0 Å². The van der Waals surface area contributed by atoms with Crippen LogP contribution in [0.1, 0.15) is 52.2 Å². The zero-order valence-corrected chi connectivity index (χ0v) is 16.2. The van der Waals surface area contributed by atoms with Gasteiger partial charge in [-0.15, -0.1) is 0 Å². The molecule has 140 valence electrons. The van der Waals surface area contributed by atoms with Gasteiger partial charge in [0.2, 0.25) is 0 Å². The average Bonchev–Trinajstić information content (AvgIpc) is 2.57. The molecule has 0 spiro atoms. The Hall–Kier alpha value is -2.36. The van der Waals surface area contributed by atoms with E-state index in [1.807, 2.05) is 6.07 Å². The van der Waals surface area contributed by atoms with E-state index in [9.17, 15) is 9.18 Å². The third-order valence-corrected chi connectivity index (χ3v) is 4.86. The molecule has 1 unspecified atom stereocenters. The maximum absolute atomic E-state index is 14.5. The average molecular weight is 357 g/mol. The van der Waals surface area contributed by atoms with E-state index in [-0.39, 0.29) is 5.83 Å². The van der Waals surface area contributed by atoms with Crippen LogP contribution in [-0.2, 0) is 11.2 Å². The van der Waals surface area contributed by atoms with Crippen LogP contribution in [0, 0.1) is 0 Å². The SMILES string of the molecule is CC(/C=C/C(F)=C(/C)c1ccc2c(c1)CCC(C)N2C(C)C)=C\C(=O)O. The number of carboxylic acids is 1. The Morgan fingerprint density at radius 3 is 2.62 bits per heavy atom. The monoisotopic (exact) mass is 357 g/mol. The molecule has 1 N–H and O–H groups in total. The molecule has 4 heteroatoms. The molecule has 1 heterocycles. The number of benzene rings is 1. The van der Waals surface area contributed by atoms with Crippen molar-refractivity contribution in [3.05, 3.63) is 59.0 Å². The molecule has 26 heavy (non-hydrogen) atoms. The number of anilines is 1. The Balaban J connectivity index is 2.32. The van der Waals surface area contributed by atoms with Crippen LogP contribution in [0.5, 0.6) is 0 Å². The number of aliphatic carboxylic acids is 1. The minimum Gasteiger partial charge on any atom is -0.478 e. The summed E-state index contributed by atoms with van der Waals surface area (Å²) in [6.07, 6.45) is 5.96. The highest BCUT2D eigenvalue weighted by molar-refractivity contribution is 5.81. The van der Waals surface area contributed by atoms with E-state index in [0.29, 0.717) is 23.2 Å². The van der Waals surface area contributed by atoms with E-state index in [2.05, 4.69) is 37.8 Å². The molecule has 0 amide bonds. The largest absolute Gasteiger partial charge is 0.478 e. The fourth-order valence-corrected chi connectivity index (χ4v) is 3.51. The molecule has 0 saturated carbocycles. The van der Waals surface area contributed by atoms with Crippen molar-refractivity contribution in [1.82, 2.24) is 0 Å². The van der Waals surface area contributed by atoms with Gasteiger partial charge >= 0.3 is 5.97 Å². The van der Waals surface area contributed by atoms with Crippen molar-refractivity contribution in [2.24, 2.45) is 0 Å². The number of allylic oxidation sites excluding steroid dienone is 5. The maximum atomic E-state index is 14.5. The van der Waals surface area contributed by atoms with Gasteiger partial charge in [-0.3, -0.25) is 0 Å². The predicted molar refractivity (Wildman–Crippen MR) is 106 cm³/mol. The number of fused-ring (bicyclic) bond motifs is 1. The molecule has 2 rings (SSSR count). The lowest BCUT2D eigenvalue weighted by atomic mass is 9.92. The molecule has 0 aromatic heterocycles. The van der Waals surface area contributed by atoms with Gasteiger partial charge in [0, 0.05) is 23.8 Å². The summed E-state index contributed by atoms with van der Waals surface area (Å²) in [7, 11) is 0. The van der Waals surface area contributed by atoms with Gasteiger partial charge in [-0.05, 0) is 87.9 Å². The molecule has 0 saturated heterocycles. The maximum Gasteiger partial charge on any atom is 0.328 e. The predicted octanol–water partition coefficient (Wildman–Crippen LogP) is 5.52. The fourth-order valence-electron chi connectivity index (χ4n) is 3.51. The van der Waals surface area contributed by atoms with Gasteiger partial charge in [-0.25, -0.2) is 9.18 Å². The summed E-state index contributed by atoms with van der Waals surface area (Å²) in [4.78, 5) is 13.1. The molecule has 1 aliphatic rings. The number of rotatable bonds is 5. The highest BCUT2D eigenvalue weighted by atomic mass is 19.1. The fraction of sp³-hybridized carbons (Fsp3) is 0.409. The van der Waals surface area contributed by atoms with E-state index >= 15 is 0 Å². The minimum absolute atomic E-state index is 0.354. The smallest absolute Gasteiger partial charge is 0.328 e. The molecule has 3 nitrogen and oxygen atoms in total. The number of hydrogen-bond acceptors (Lipinski definition) is 2. The van der Waals surface area contributed by atoms with Gasteiger partial charge in [-0.1, -0.05) is 12.1 Å². The number of hydrogen-bond donors (Lipinski definition) is 1.